The van der Waals surface area contributed by atoms with E-state index in [1.165, 1.54) is 28.3 Å². The molecule has 0 saturated carbocycles. The van der Waals surface area contributed by atoms with Gasteiger partial charge in [-0.25, -0.2) is 4.39 Å². The number of rotatable bonds is 11. The number of thioether (sulfide) groups is 1. The Labute approximate surface area is 211 Å². The van der Waals surface area contributed by atoms with Gasteiger partial charge >= 0.3 is 0 Å². The van der Waals surface area contributed by atoms with E-state index in [4.69, 9.17) is 0 Å². The zero-order valence-electron chi connectivity index (χ0n) is 20.5. The van der Waals surface area contributed by atoms with E-state index in [0.717, 1.165) is 11.1 Å². The van der Waals surface area contributed by atoms with Gasteiger partial charge < -0.3 is 10.2 Å². The van der Waals surface area contributed by atoms with Crippen molar-refractivity contribution in [3.63, 3.8) is 0 Å². The van der Waals surface area contributed by atoms with Crippen LogP contribution in [-0.2, 0) is 28.3 Å². The second-order valence-electron chi connectivity index (χ2n) is 8.96. The van der Waals surface area contributed by atoms with Gasteiger partial charge in [0.15, 0.2) is 0 Å². The highest BCUT2D eigenvalue weighted by molar-refractivity contribution is 7.99. The lowest BCUT2D eigenvalue weighted by Gasteiger charge is -2.32. The molecule has 3 aromatic rings. The van der Waals surface area contributed by atoms with Crippen molar-refractivity contribution in [3.05, 3.63) is 107 Å². The van der Waals surface area contributed by atoms with Gasteiger partial charge in [-0.05, 0) is 38.0 Å². The fourth-order valence-corrected chi connectivity index (χ4v) is 4.74. The molecule has 0 aliphatic heterocycles. The van der Waals surface area contributed by atoms with Crippen LogP contribution in [0.5, 0.6) is 0 Å². The first kappa shape index (κ1) is 26.5. The summed E-state index contributed by atoms with van der Waals surface area (Å²) in [5.41, 5.74) is 3.64. The Morgan fingerprint density at radius 1 is 0.943 bits per heavy atom. The lowest BCUT2D eigenvalue weighted by Crippen LogP contribution is -2.52. The number of carbonyl (C=O) groups excluding carboxylic acids is 2. The molecule has 3 rings (SSSR count). The normalized spacial score (nSPS) is 11.8. The van der Waals surface area contributed by atoms with Crippen molar-refractivity contribution in [2.75, 3.05) is 5.75 Å². The molecule has 0 unspecified atom stereocenters. The van der Waals surface area contributed by atoms with E-state index in [9.17, 15) is 14.0 Å². The van der Waals surface area contributed by atoms with Crippen molar-refractivity contribution in [2.24, 2.45) is 0 Å². The predicted molar refractivity (Wildman–Crippen MR) is 142 cm³/mol. The number of hydrogen-bond donors (Lipinski definition) is 1. The molecule has 0 fully saturated rings. The Hall–Kier alpha value is -3.12. The van der Waals surface area contributed by atoms with E-state index >= 15 is 0 Å². The highest BCUT2D eigenvalue weighted by Gasteiger charge is 2.31. The van der Waals surface area contributed by atoms with Gasteiger partial charge in [-0.15, -0.1) is 11.8 Å². The van der Waals surface area contributed by atoms with Gasteiger partial charge in [0.25, 0.3) is 0 Å². The van der Waals surface area contributed by atoms with Crippen molar-refractivity contribution < 1.29 is 14.0 Å². The maximum atomic E-state index is 14.6. The van der Waals surface area contributed by atoms with Crippen LogP contribution in [0, 0.1) is 12.7 Å². The minimum atomic E-state index is -0.758. The van der Waals surface area contributed by atoms with Crippen LogP contribution in [0.15, 0.2) is 78.9 Å². The molecule has 0 aliphatic carbocycles. The molecule has 0 aromatic heterocycles. The van der Waals surface area contributed by atoms with Crippen molar-refractivity contribution >= 4 is 23.6 Å². The van der Waals surface area contributed by atoms with Crippen LogP contribution >= 0.6 is 11.8 Å². The van der Waals surface area contributed by atoms with Crippen LogP contribution < -0.4 is 5.32 Å². The molecule has 0 radical (unpaired) electrons. The Kier molecular flexibility index (Phi) is 9.91. The van der Waals surface area contributed by atoms with Crippen LogP contribution in [0.25, 0.3) is 0 Å². The first-order chi connectivity index (χ1) is 16.8. The van der Waals surface area contributed by atoms with Gasteiger partial charge in [0, 0.05) is 30.3 Å². The molecule has 3 aromatic carbocycles. The molecule has 0 bridgehead atoms. The molecule has 2 amide bonds. The molecule has 35 heavy (non-hydrogen) atoms. The van der Waals surface area contributed by atoms with E-state index in [2.05, 4.69) is 11.4 Å². The minimum absolute atomic E-state index is 0.0273. The van der Waals surface area contributed by atoms with Crippen LogP contribution in [0.3, 0.4) is 0 Å². The number of hydrogen-bond acceptors (Lipinski definition) is 3. The third-order valence-electron chi connectivity index (χ3n) is 5.58. The van der Waals surface area contributed by atoms with Crippen molar-refractivity contribution in [1.29, 1.82) is 0 Å². The fraction of sp³-hybridized carbons (Fsp3) is 0.310. The minimum Gasteiger partial charge on any atom is -0.352 e. The molecule has 1 atom stereocenters. The Morgan fingerprint density at radius 2 is 1.63 bits per heavy atom. The van der Waals surface area contributed by atoms with E-state index in [-0.39, 0.29) is 36.0 Å². The second-order valence-corrected chi connectivity index (χ2v) is 9.95. The molecule has 0 spiro atoms. The molecule has 6 heteroatoms. The number of nitrogens with zero attached hydrogens (tertiary/aromatic N) is 1. The summed E-state index contributed by atoms with van der Waals surface area (Å²) in [5, 5.41) is 2.95. The van der Waals surface area contributed by atoms with E-state index in [1.54, 1.807) is 18.2 Å². The summed E-state index contributed by atoms with van der Waals surface area (Å²) in [6.45, 7) is 5.84. The van der Waals surface area contributed by atoms with Crippen molar-refractivity contribution in [1.82, 2.24) is 10.2 Å². The topological polar surface area (TPSA) is 49.4 Å². The van der Waals surface area contributed by atoms with E-state index in [0.29, 0.717) is 17.7 Å². The van der Waals surface area contributed by atoms with Crippen molar-refractivity contribution in [2.45, 2.75) is 51.6 Å². The first-order valence-electron chi connectivity index (χ1n) is 11.8. The smallest absolute Gasteiger partial charge is 0.243 e. The number of benzene rings is 3. The number of carbonyl (C=O) groups is 2. The van der Waals surface area contributed by atoms with E-state index < -0.39 is 6.04 Å². The van der Waals surface area contributed by atoms with Gasteiger partial charge in [0.1, 0.15) is 11.9 Å². The third-order valence-corrected chi connectivity index (χ3v) is 6.57. The Balaban J connectivity index is 1.85. The fourth-order valence-electron chi connectivity index (χ4n) is 3.89. The largest absolute Gasteiger partial charge is 0.352 e. The Bertz CT molecular complexity index is 1120. The molecule has 4 nitrogen and oxygen atoms in total. The SMILES string of the molecule is Cc1cccc(CSCC(=O)N(Cc2ccccc2F)[C@H](Cc2ccccc2)C(=O)NC(C)C)c1. The number of aryl methyl sites for hydroxylation is 1. The molecule has 0 aliphatic rings. The standard InChI is InChI=1S/C29H33FN2O2S/c1-21(2)31-29(34)27(17-23-11-5-4-6-12-23)32(18-25-14-7-8-15-26(25)30)28(33)20-35-19-24-13-9-10-22(3)16-24/h4-16,21,27H,17-20H2,1-3H3,(H,31,34)/t27-/m1/s1. The van der Waals surface area contributed by atoms with Gasteiger partial charge in [-0.3, -0.25) is 9.59 Å². The average molecular weight is 493 g/mol. The maximum Gasteiger partial charge on any atom is 0.243 e. The van der Waals surface area contributed by atoms with Crippen LogP contribution in [0.2, 0.25) is 0 Å². The average Bonchev–Trinajstić information content (AvgIpc) is 2.82. The summed E-state index contributed by atoms with van der Waals surface area (Å²) in [6, 6.07) is 23.4. The second kappa shape index (κ2) is 13.1. The monoisotopic (exact) mass is 492 g/mol. The first-order valence-corrected chi connectivity index (χ1v) is 13.0. The quantitative estimate of drug-likeness (QED) is 0.383. The highest BCUT2D eigenvalue weighted by Crippen LogP contribution is 2.20. The lowest BCUT2D eigenvalue weighted by molar-refractivity contribution is -0.139. The number of halogens is 1. The zero-order chi connectivity index (χ0) is 25.2. The van der Waals surface area contributed by atoms with Crippen LogP contribution in [0.4, 0.5) is 4.39 Å². The summed E-state index contributed by atoms with van der Waals surface area (Å²) >= 11 is 1.50. The maximum absolute atomic E-state index is 14.6. The number of nitrogens with one attached hydrogen (secondary N) is 1. The summed E-state index contributed by atoms with van der Waals surface area (Å²) in [4.78, 5) is 28.4. The van der Waals surface area contributed by atoms with Gasteiger partial charge in [-0.2, -0.15) is 0 Å². The van der Waals surface area contributed by atoms with Gasteiger partial charge in [0.05, 0.1) is 5.75 Å². The third kappa shape index (κ3) is 8.25. The highest BCUT2D eigenvalue weighted by atomic mass is 32.2. The van der Waals surface area contributed by atoms with Gasteiger partial charge in [-0.1, -0.05) is 78.4 Å². The number of amides is 2. The summed E-state index contributed by atoms with van der Waals surface area (Å²) in [6.07, 6.45) is 0.349. The molecule has 184 valence electrons. The van der Waals surface area contributed by atoms with Crippen LogP contribution in [0.1, 0.15) is 36.1 Å². The molecular formula is C29H33FN2O2S. The zero-order valence-corrected chi connectivity index (χ0v) is 21.4. The molecular weight excluding hydrogens is 459 g/mol. The molecule has 1 N–H and O–H groups in total. The molecule has 0 saturated heterocycles. The van der Waals surface area contributed by atoms with Gasteiger partial charge in [0.2, 0.25) is 11.8 Å². The molecule has 0 heterocycles. The van der Waals surface area contributed by atoms with Crippen molar-refractivity contribution in [3.8, 4) is 0 Å². The summed E-state index contributed by atoms with van der Waals surface area (Å²) < 4.78 is 14.6. The summed E-state index contributed by atoms with van der Waals surface area (Å²) in [7, 11) is 0. The lowest BCUT2D eigenvalue weighted by atomic mass is 10.0. The Morgan fingerprint density at radius 3 is 2.31 bits per heavy atom. The predicted octanol–water partition coefficient (Wildman–Crippen LogP) is 5.53. The van der Waals surface area contributed by atoms with E-state index in [1.807, 2.05) is 69.3 Å². The summed E-state index contributed by atoms with van der Waals surface area (Å²) in [5.74, 6) is 0.0638. The van der Waals surface area contributed by atoms with Crippen LogP contribution in [-0.4, -0.2) is 34.6 Å².